The van der Waals surface area contributed by atoms with Crippen LogP contribution in [0.25, 0.3) is 0 Å². The Balaban J connectivity index is 1.93. The van der Waals surface area contributed by atoms with Crippen molar-refractivity contribution in [3.8, 4) is 0 Å². The molecule has 1 amide bonds. The molecule has 0 radical (unpaired) electrons. The number of nitrogens with zero attached hydrogens (tertiary/aromatic N) is 1. The zero-order chi connectivity index (χ0) is 15.7. The topological polar surface area (TPSA) is 57.6 Å². The molecule has 0 saturated carbocycles. The lowest BCUT2D eigenvalue weighted by atomic mass is 9.98. The monoisotopic (exact) mass is 295 g/mol. The van der Waals surface area contributed by atoms with Crippen LogP contribution in [0.3, 0.4) is 0 Å². The van der Waals surface area contributed by atoms with Gasteiger partial charge < -0.3 is 10.0 Å². The maximum atomic E-state index is 12.3. The summed E-state index contributed by atoms with van der Waals surface area (Å²) in [6, 6.07) is 13.1. The van der Waals surface area contributed by atoms with Crippen LogP contribution in [-0.2, 0) is 17.8 Å². The molecule has 112 valence electrons. The van der Waals surface area contributed by atoms with E-state index in [1.807, 2.05) is 31.2 Å². The van der Waals surface area contributed by atoms with Crippen molar-refractivity contribution in [2.45, 2.75) is 26.3 Å². The highest BCUT2D eigenvalue weighted by Crippen LogP contribution is 2.30. The lowest BCUT2D eigenvalue weighted by Gasteiger charge is -2.29. The molecule has 4 heteroatoms. The first-order chi connectivity index (χ1) is 10.5. The molecule has 2 aromatic carbocycles. The summed E-state index contributed by atoms with van der Waals surface area (Å²) in [5.41, 5.74) is 4.26. The molecule has 1 aliphatic rings. The minimum atomic E-state index is -0.940. The minimum Gasteiger partial charge on any atom is -0.478 e. The molecule has 0 unspecified atom stereocenters. The third kappa shape index (κ3) is 2.72. The van der Waals surface area contributed by atoms with E-state index in [0.717, 1.165) is 16.8 Å². The highest BCUT2D eigenvalue weighted by atomic mass is 16.4. The SMILES string of the molecule is Cc1ccc(CN2C(=O)CCc3cc(C(=O)O)ccc32)cc1. The summed E-state index contributed by atoms with van der Waals surface area (Å²) in [7, 11) is 0. The van der Waals surface area contributed by atoms with Crippen LogP contribution in [0, 0.1) is 6.92 Å². The molecular weight excluding hydrogens is 278 g/mol. The molecule has 0 saturated heterocycles. The summed E-state index contributed by atoms with van der Waals surface area (Å²) in [5.74, 6) is -0.860. The van der Waals surface area contributed by atoms with Gasteiger partial charge in [0.2, 0.25) is 5.91 Å². The van der Waals surface area contributed by atoms with Gasteiger partial charge in [-0.05, 0) is 42.7 Å². The average Bonchev–Trinajstić information content (AvgIpc) is 2.51. The molecule has 1 aliphatic heterocycles. The Morgan fingerprint density at radius 2 is 1.86 bits per heavy atom. The van der Waals surface area contributed by atoms with Crippen LogP contribution < -0.4 is 4.90 Å². The smallest absolute Gasteiger partial charge is 0.335 e. The number of carboxylic acid groups (broad SMARTS) is 1. The van der Waals surface area contributed by atoms with Gasteiger partial charge in [0.25, 0.3) is 0 Å². The number of aromatic carboxylic acids is 1. The summed E-state index contributed by atoms with van der Waals surface area (Å²) in [5, 5.41) is 9.08. The maximum Gasteiger partial charge on any atom is 0.335 e. The van der Waals surface area contributed by atoms with E-state index in [4.69, 9.17) is 5.11 Å². The maximum absolute atomic E-state index is 12.3. The van der Waals surface area contributed by atoms with E-state index < -0.39 is 5.97 Å². The largest absolute Gasteiger partial charge is 0.478 e. The number of fused-ring (bicyclic) bond motifs is 1. The molecule has 3 rings (SSSR count). The second-order valence-electron chi connectivity index (χ2n) is 5.61. The van der Waals surface area contributed by atoms with Crippen LogP contribution in [0.1, 0.15) is 33.5 Å². The molecule has 0 fully saturated rings. The molecule has 22 heavy (non-hydrogen) atoms. The predicted octanol–water partition coefficient (Wildman–Crippen LogP) is 3.17. The highest BCUT2D eigenvalue weighted by molar-refractivity contribution is 5.97. The van der Waals surface area contributed by atoms with Gasteiger partial charge in [0.15, 0.2) is 0 Å². The quantitative estimate of drug-likeness (QED) is 0.946. The summed E-state index contributed by atoms with van der Waals surface area (Å²) in [6.45, 7) is 2.54. The molecule has 1 N–H and O–H groups in total. The molecule has 0 spiro atoms. The van der Waals surface area contributed by atoms with E-state index in [0.29, 0.717) is 19.4 Å². The van der Waals surface area contributed by atoms with Crippen LogP contribution in [-0.4, -0.2) is 17.0 Å². The lowest BCUT2D eigenvalue weighted by Crippen LogP contribution is -2.34. The number of aryl methyl sites for hydroxylation is 2. The third-order valence-corrected chi connectivity index (χ3v) is 3.99. The third-order valence-electron chi connectivity index (χ3n) is 3.99. The Kier molecular flexibility index (Phi) is 3.67. The number of anilines is 1. The molecule has 0 atom stereocenters. The van der Waals surface area contributed by atoms with Gasteiger partial charge in [0.05, 0.1) is 12.1 Å². The van der Waals surface area contributed by atoms with Gasteiger partial charge in [-0.1, -0.05) is 29.8 Å². The molecule has 0 aliphatic carbocycles. The van der Waals surface area contributed by atoms with E-state index in [1.54, 1.807) is 23.1 Å². The van der Waals surface area contributed by atoms with Crippen molar-refractivity contribution in [1.29, 1.82) is 0 Å². The number of carbonyl (C=O) groups excluding carboxylic acids is 1. The van der Waals surface area contributed by atoms with Crippen molar-refractivity contribution in [1.82, 2.24) is 0 Å². The van der Waals surface area contributed by atoms with E-state index in [-0.39, 0.29) is 11.5 Å². The Morgan fingerprint density at radius 3 is 2.55 bits per heavy atom. The lowest BCUT2D eigenvalue weighted by molar-refractivity contribution is -0.119. The summed E-state index contributed by atoms with van der Waals surface area (Å²) in [6.07, 6.45) is 1.02. The van der Waals surface area contributed by atoms with Crippen molar-refractivity contribution < 1.29 is 14.7 Å². The number of carbonyl (C=O) groups is 2. The zero-order valence-electron chi connectivity index (χ0n) is 12.4. The number of hydrogen-bond acceptors (Lipinski definition) is 2. The van der Waals surface area contributed by atoms with Gasteiger partial charge >= 0.3 is 5.97 Å². The van der Waals surface area contributed by atoms with Crippen LogP contribution >= 0.6 is 0 Å². The molecule has 1 heterocycles. The van der Waals surface area contributed by atoms with Gasteiger partial charge in [-0.3, -0.25) is 4.79 Å². The van der Waals surface area contributed by atoms with Crippen LogP contribution in [0.15, 0.2) is 42.5 Å². The first-order valence-corrected chi connectivity index (χ1v) is 7.27. The second-order valence-corrected chi connectivity index (χ2v) is 5.61. The fraction of sp³-hybridized carbons (Fsp3) is 0.222. The van der Waals surface area contributed by atoms with E-state index >= 15 is 0 Å². The van der Waals surface area contributed by atoms with Gasteiger partial charge in [0, 0.05) is 12.1 Å². The number of carboxylic acids is 1. The van der Waals surface area contributed by atoms with Crippen LogP contribution in [0.5, 0.6) is 0 Å². The van der Waals surface area contributed by atoms with Crippen LogP contribution in [0.4, 0.5) is 5.69 Å². The standard InChI is InChI=1S/C18H17NO3/c1-12-2-4-13(5-3-12)11-19-16-8-6-15(18(21)22)10-14(16)7-9-17(19)20/h2-6,8,10H,7,9,11H2,1H3,(H,21,22). The average molecular weight is 295 g/mol. The number of amides is 1. The van der Waals surface area contributed by atoms with Crippen molar-refractivity contribution in [3.05, 3.63) is 64.7 Å². The van der Waals surface area contributed by atoms with Crippen molar-refractivity contribution >= 4 is 17.6 Å². The first kappa shape index (κ1) is 14.3. The minimum absolute atomic E-state index is 0.0798. The summed E-state index contributed by atoms with van der Waals surface area (Å²) < 4.78 is 0. The van der Waals surface area contributed by atoms with Crippen molar-refractivity contribution in [2.24, 2.45) is 0 Å². The van der Waals surface area contributed by atoms with Gasteiger partial charge in [-0.15, -0.1) is 0 Å². The van der Waals surface area contributed by atoms with E-state index in [9.17, 15) is 9.59 Å². The Labute approximate surface area is 129 Å². The zero-order valence-corrected chi connectivity index (χ0v) is 12.4. The highest BCUT2D eigenvalue weighted by Gasteiger charge is 2.25. The number of rotatable bonds is 3. The summed E-state index contributed by atoms with van der Waals surface area (Å²) in [4.78, 5) is 25.1. The van der Waals surface area contributed by atoms with Crippen molar-refractivity contribution in [2.75, 3.05) is 4.90 Å². The normalized spacial score (nSPS) is 13.9. The molecule has 2 aromatic rings. The first-order valence-electron chi connectivity index (χ1n) is 7.27. The van der Waals surface area contributed by atoms with E-state index in [1.165, 1.54) is 5.56 Å². The Hall–Kier alpha value is -2.62. The number of hydrogen-bond donors (Lipinski definition) is 1. The predicted molar refractivity (Wildman–Crippen MR) is 84.1 cm³/mol. The fourth-order valence-corrected chi connectivity index (χ4v) is 2.74. The Morgan fingerprint density at radius 1 is 1.14 bits per heavy atom. The molecule has 0 aromatic heterocycles. The molecule has 4 nitrogen and oxygen atoms in total. The number of benzene rings is 2. The molecule has 0 bridgehead atoms. The van der Waals surface area contributed by atoms with E-state index in [2.05, 4.69) is 0 Å². The van der Waals surface area contributed by atoms with Gasteiger partial charge in [-0.2, -0.15) is 0 Å². The van der Waals surface area contributed by atoms with Gasteiger partial charge in [0.1, 0.15) is 0 Å². The Bertz CT molecular complexity index is 734. The fourth-order valence-electron chi connectivity index (χ4n) is 2.74. The summed E-state index contributed by atoms with van der Waals surface area (Å²) >= 11 is 0. The van der Waals surface area contributed by atoms with Crippen molar-refractivity contribution in [3.63, 3.8) is 0 Å². The van der Waals surface area contributed by atoms with Crippen LogP contribution in [0.2, 0.25) is 0 Å². The van der Waals surface area contributed by atoms with Gasteiger partial charge in [-0.25, -0.2) is 4.79 Å². The second kappa shape index (κ2) is 5.64. The molecular formula is C18H17NO3.